The molecule has 7 nitrogen and oxygen atoms in total. The molecule has 0 saturated heterocycles. The fourth-order valence-electron chi connectivity index (χ4n) is 2.70. The number of carbonyl (C=O) groups is 2. The minimum Gasteiger partial charge on any atom is -0.456 e. The van der Waals surface area contributed by atoms with Gasteiger partial charge in [0.2, 0.25) is 0 Å². The van der Waals surface area contributed by atoms with E-state index in [-0.39, 0.29) is 25.5 Å². The maximum atomic E-state index is 11.9. The molecule has 0 aliphatic rings. The van der Waals surface area contributed by atoms with Gasteiger partial charge in [-0.1, -0.05) is 35.9 Å². The number of hydrogen-bond donors (Lipinski definition) is 1. The molecule has 1 aromatic heterocycles. The number of amides is 1. The van der Waals surface area contributed by atoms with Gasteiger partial charge in [0.1, 0.15) is 0 Å². The first-order valence-corrected chi connectivity index (χ1v) is 9.16. The summed E-state index contributed by atoms with van der Waals surface area (Å²) in [5, 5.41) is 3.34. The van der Waals surface area contributed by atoms with E-state index in [0.29, 0.717) is 29.1 Å². The Kier molecular flexibility index (Phi) is 6.49. The van der Waals surface area contributed by atoms with Gasteiger partial charge >= 0.3 is 11.7 Å². The van der Waals surface area contributed by atoms with Gasteiger partial charge in [-0.05, 0) is 36.2 Å². The van der Waals surface area contributed by atoms with E-state index in [4.69, 9.17) is 20.8 Å². The Bertz CT molecular complexity index is 1020. The fourth-order valence-corrected chi connectivity index (χ4v) is 2.82. The Labute approximate surface area is 165 Å². The van der Waals surface area contributed by atoms with Gasteiger partial charge in [0.25, 0.3) is 5.91 Å². The lowest BCUT2D eigenvalue weighted by Crippen LogP contribution is -2.30. The Balaban J connectivity index is 1.39. The van der Waals surface area contributed by atoms with Gasteiger partial charge in [-0.2, -0.15) is 0 Å². The molecule has 0 bridgehead atoms. The zero-order valence-corrected chi connectivity index (χ0v) is 15.8. The molecule has 0 spiro atoms. The van der Waals surface area contributed by atoms with E-state index in [1.165, 1.54) is 4.57 Å². The summed E-state index contributed by atoms with van der Waals surface area (Å²) in [4.78, 5) is 35.5. The second-order valence-electron chi connectivity index (χ2n) is 6.12. The van der Waals surface area contributed by atoms with Gasteiger partial charge in [0.15, 0.2) is 12.2 Å². The third-order valence-corrected chi connectivity index (χ3v) is 4.38. The monoisotopic (exact) mass is 402 g/mol. The molecule has 3 rings (SSSR count). The van der Waals surface area contributed by atoms with E-state index >= 15 is 0 Å². The third-order valence-electron chi connectivity index (χ3n) is 4.13. The van der Waals surface area contributed by atoms with Gasteiger partial charge in [0, 0.05) is 18.1 Å². The van der Waals surface area contributed by atoms with Crippen molar-refractivity contribution in [3.05, 3.63) is 69.7 Å². The molecule has 0 radical (unpaired) electrons. The van der Waals surface area contributed by atoms with Crippen LogP contribution in [0.2, 0.25) is 5.02 Å². The molecule has 146 valence electrons. The average Bonchev–Trinajstić information content (AvgIpc) is 3.01. The van der Waals surface area contributed by atoms with Crippen molar-refractivity contribution in [2.24, 2.45) is 0 Å². The van der Waals surface area contributed by atoms with Crippen LogP contribution in [0.1, 0.15) is 12.0 Å². The molecule has 0 unspecified atom stereocenters. The minimum atomic E-state index is -0.565. The summed E-state index contributed by atoms with van der Waals surface area (Å²) in [6.45, 7) is 0.182. The van der Waals surface area contributed by atoms with E-state index in [2.05, 4.69) is 5.32 Å². The van der Waals surface area contributed by atoms with Gasteiger partial charge in [-0.15, -0.1) is 0 Å². The van der Waals surface area contributed by atoms with Crippen molar-refractivity contribution >= 4 is 34.6 Å². The van der Waals surface area contributed by atoms with Crippen LogP contribution in [-0.4, -0.2) is 29.6 Å². The summed E-state index contributed by atoms with van der Waals surface area (Å²) in [5.41, 5.74) is 2.11. The maximum absolute atomic E-state index is 11.9. The van der Waals surface area contributed by atoms with E-state index in [1.54, 1.807) is 36.4 Å². The van der Waals surface area contributed by atoms with Crippen LogP contribution < -0.4 is 11.1 Å². The van der Waals surface area contributed by atoms with Crippen LogP contribution in [0, 0.1) is 0 Å². The zero-order chi connectivity index (χ0) is 19.9. The molecule has 2 aromatic carbocycles. The number of ether oxygens (including phenoxy) is 1. The summed E-state index contributed by atoms with van der Waals surface area (Å²) in [6, 6.07) is 14.3. The van der Waals surface area contributed by atoms with Crippen molar-refractivity contribution in [3.8, 4) is 0 Å². The summed E-state index contributed by atoms with van der Waals surface area (Å²) in [7, 11) is 0. The first-order chi connectivity index (χ1) is 13.5. The van der Waals surface area contributed by atoms with Crippen LogP contribution in [0.15, 0.2) is 57.7 Å². The zero-order valence-electron chi connectivity index (χ0n) is 15.0. The van der Waals surface area contributed by atoms with Gasteiger partial charge in [-0.3, -0.25) is 14.2 Å². The van der Waals surface area contributed by atoms with Crippen LogP contribution in [0.4, 0.5) is 0 Å². The predicted molar refractivity (Wildman–Crippen MR) is 104 cm³/mol. The highest BCUT2D eigenvalue weighted by Gasteiger charge is 2.12. The number of fused-ring (bicyclic) bond motifs is 1. The molecule has 1 amide bonds. The number of nitrogens with one attached hydrogen (secondary N) is 1. The SMILES string of the molecule is O=C(COC(=O)CCn1c(=O)oc2ccccc21)NCCc1ccc(Cl)cc1. The van der Waals surface area contributed by atoms with Crippen LogP contribution in [0.5, 0.6) is 0 Å². The summed E-state index contributed by atoms with van der Waals surface area (Å²) < 4.78 is 11.4. The van der Waals surface area contributed by atoms with E-state index in [0.717, 1.165) is 5.56 Å². The molecular weight excluding hydrogens is 384 g/mol. The number of benzene rings is 2. The number of aryl methyl sites for hydroxylation is 1. The van der Waals surface area contributed by atoms with Crippen molar-refractivity contribution in [1.29, 1.82) is 0 Å². The quantitative estimate of drug-likeness (QED) is 0.585. The normalized spacial score (nSPS) is 10.8. The Morgan fingerprint density at radius 2 is 1.86 bits per heavy atom. The third kappa shape index (κ3) is 5.23. The van der Waals surface area contributed by atoms with Crippen LogP contribution in [-0.2, 0) is 27.3 Å². The van der Waals surface area contributed by atoms with E-state index in [9.17, 15) is 14.4 Å². The molecule has 0 fully saturated rings. The molecule has 0 aliphatic heterocycles. The lowest BCUT2D eigenvalue weighted by molar-refractivity contribution is -0.148. The minimum absolute atomic E-state index is 0.0402. The van der Waals surface area contributed by atoms with Gasteiger partial charge < -0.3 is 14.5 Å². The van der Waals surface area contributed by atoms with Crippen LogP contribution in [0.25, 0.3) is 11.1 Å². The number of halogens is 1. The largest absolute Gasteiger partial charge is 0.456 e. The number of aromatic nitrogens is 1. The maximum Gasteiger partial charge on any atom is 0.419 e. The number of esters is 1. The number of oxazole rings is 1. The Morgan fingerprint density at radius 3 is 2.64 bits per heavy atom. The number of rotatable bonds is 8. The number of carbonyl (C=O) groups excluding carboxylic acids is 2. The standard InChI is InChI=1S/C20H19ClN2O5/c21-15-7-5-14(6-8-15)9-11-22-18(24)13-27-19(25)10-12-23-16-3-1-2-4-17(16)28-20(23)26/h1-8H,9-13H2,(H,22,24). The lowest BCUT2D eigenvalue weighted by Gasteiger charge is -2.07. The lowest BCUT2D eigenvalue weighted by atomic mass is 10.1. The molecule has 0 saturated carbocycles. The smallest absolute Gasteiger partial charge is 0.419 e. The molecule has 8 heteroatoms. The number of para-hydroxylation sites is 2. The second kappa shape index (κ2) is 9.23. The molecule has 1 N–H and O–H groups in total. The second-order valence-corrected chi connectivity index (χ2v) is 6.56. The summed E-state index contributed by atoms with van der Waals surface area (Å²) in [6.07, 6.45) is 0.606. The van der Waals surface area contributed by atoms with E-state index < -0.39 is 11.7 Å². The van der Waals surface area contributed by atoms with Crippen molar-refractivity contribution in [2.45, 2.75) is 19.4 Å². The van der Waals surface area contributed by atoms with Gasteiger partial charge in [0.05, 0.1) is 11.9 Å². The molecule has 28 heavy (non-hydrogen) atoms. The van der Waals surface area contributed by atoms with Crippen LogP contribution >= 0.6 is 11.6 Å². The molecule has 1 heterocycles. The highest BCUT2D eigenvalue weighted by molar-refractivity contribution is 6.30. The highest BCUT2D eigenvalue weighted by atomic mass is 35.5. The average molecular weight is 403 g/mol. The first kappa shape index (κ1) is 19.7. The number of nitrogens with zero attached hydrogens (tertiary/aromatic N) is 1. The van der Waals surface area contributed by atoms with Crippen LogP contribution in [0.3, 0.4) is 0 Å². The topological polar surface area (TPSA) is 90.5 Å². The number of hydrogen-bond acceptors (Lipinski definition) is 5. The summed E-state index contributed by atoms with van der Waals surface area (Å²) in [5.74, 6) is -1.48. The molecular formula is C20H19ClN2O5. The molecule has 0 atom stereocenters. The molecule has 0 aliphatic carbocycles. The van der Waals surface area contributed by atoms with Crippen molar-refractivity contribution in [3.63, 3.8) is 0 Å². The highest BCUT2D eigenvalue weighted by Crippen LogP contribution is 2.12. The van der Waals surface area contributed by atoms with Crippen molar-refractivity contribution in [1.82, 2.24) is 9.88 Å². The van der Waals surface area contributed by atoms with Gasteiger partial charge in [-0.25, -0.2) is 4.79 Å². The molecule has 3 aromatic rings. The van der Waals surface area contributed by atoms with Crippen molar-refractivity contribution < 1.29 is 18.7 Å². The predicted octanol–water partition coefficient (Wildman–Crippen LogP) is 2.54. The first-order valence-electron chi connectivity index (χ1n) is 8.78. The Hall–Kier alpha value is -3.06. The van der Waals surface area contributed by atoms with Crippen molar-refractivity contribution in [2.75, 3.05) is 13.2 Å². The van der Waals surface area contributed by atoms with E-state index in [1.807, 2.05) is 12.1 Å². The summed E-state index contributed by atoms with van der Waals surface area (Å²) >= 11 is 5.82. The Morgan fingerprint density at radius 1 is 1.11 bits per heavy atom. The fraction of sp³-hybridized carbons (Fsp3) is 0.250.